The van der Waals surface area contributed by atoms with Crippen LogP contribution in [0.3, 0.4) is 0 Å². The zero-order valence-electron chi connectivity index (χ0n) is 10.7. The number of nitriles is 1. The van der Waals surface area contributed by atoms with Crippen molar-refractivity contribution in [2.45, 2.75) is 31.6 Å². The molecule has 1 aliphatic carbocycles. The molecule has 1 aromatic rings. The average molecular weight is 240 g/mol. The molecule has 0 bridgehead atoms. The van der Waals surface area contributed by atoms with Gasteiger partial charge < -0.3 is 5.32 Å². The highest BCUT2D eigenvalue weighted by Crippen LogP contribution is 2.20. The van der Waals surface area contributed by atoms with E-state index in [1.54, 1.807) is 5.57 Å². The lowest BCUT2D eigenvalue weighted by atomic mass is 10.0. The lowest BCUT2D eigenvalue weighted by molar-refractivity contribution is 0.643. The number of nitrogens with one attached hydrogen (secondary N) is 1. The van der Waals surface area contributed by atoms with Crippen molar-refractivity contribution in [2.75, 3.05) is 13.1 Å². The Morgan fingerprint density at radius 1 is 1.28 bits per heavy atom. The molecule has 1 aromatic carbocycles. The molecule has 0 fully saturated rings. The summed E-state index contributed by atoms with van der Waals surface area (Å²) in [7, 11) is 0. The van der Waals surface area contributed by atoms with Crippen molar-refractivity contribution in [3.63, 3.8) is 0 Å². The summed E-state index contributed by atoms with van der Waals surface area (Å²) >= 11 is 0. The number of allylic oxidation sites excluding steroid dienone is 1. The topological polar surface area (TPSA) is 35.8 Å². The summed E-state index contributed by atoms with van der Waals surface area (Å²) in [5.74, 6) is -0.0382. The third-order valence-corrected chi connectivity index (χ3v) is 3.46. The maximum Gasteiger partial charge on any atom is 0.0837 e. The van der Waals surface area contributed by atoms with Crippen LogP contribution in [-0.2, 0) is 0 Å². The number of hydrogen-bond acceptors (Lipinski definition) is 2. The lowest BCUT2D eigenvalue weighted by Gasteiger charge is -2.11. The molecule has 1 N–H and O–H groups in total. The Balaban J connectivity index is 1.73. The van der Waals surface area contributed by atoms with Gasteiger partial charge in [-0.25, -0.2) is 0 Å². The summed E-state index contributed by atoms with van der Waals surface area (Å²) in [5, 5.41) is 12.6. The smallest absolute Gasteiger partial charge is 0.0837 e. The SMILES string of the molecule is N#CC(CNCCC1=CCCC1)c1ccccc1. The normalized spacial score (nSPS) is 16.1. The van der Waals surface area contributed by atoms with Crippen LogP contribution in [0, 0.1) is 11.3 Å². The van der Waals surface area contributed by atoms with E-state index in [1.165, 1.54) is 19.3 Å². The molecule has 0 spiro atoms. The molecular weight excluding hydrogens is 220 g/mol. The van der Waals surface area contributed by atoms with Crippen molar-refractivity contribution in [2.24, 2.45) is 0 Å². The second kappa shape index (κ2) is 6.98. The van der Waals surface area contributed by atoms with Crippen LogP contribution in [0.5, 0.6) is 0 Å². The molecule has 2 heteroatoms. The first-order chi connectivity index (χ1) is 8.90. The van der Waals surface area contributed by atoms with E-state index in [4.69, 9.17) is 0 Å². The summed E-state index contributed by atoms with van der Waals surface area (Å²) in [4.78, 5) is 0. The van der Waals surface area contributed by atoms with Crippen LogP contribution in [-0.4, -0.2) is 13.1 Å². The van der Waals surface area contributed by atoms with Crippen molar-refractivity contribution >= 4 is 0 Å². The Bertz CT molecular complexity index is 428. The first kappa shape index (κ1) is 12.9. The number of nitrogens with zero attached hydrogens (tertiary/aromatic N) is 1. The largest absolute Gasteiger partial charge is 0.315 e. The van der Waals surface area contributed by atoms with Crippen LogP contribution in [0.4, 0.5) is 0 Å². The number of benzene rings is 1. The van der Waals surface area contributed by atoms with Gasteiger partial charge >= 0.3 is 0 Å². The molecule has 2 nitrogen and oxygen atoms in total. The lowest BCUT2D eigenvalue weighted by Crippen LogP contribution is -2.22. The van der Waals surface area contributed by atoms with Crippen molar-refractivity contribution in [1.29, 1.82) is 5.26 Å². The van der Waals surface area contributed by atoms with Gasteiger partial charge in [0.2, 0.25) is 0 Å². The quantitative estimate of drug-likeness (QED) is 0.611. The maximum absolute atomic E-state index is 9.19. The molecule has 0 aromatic heterocycles. The van der Waals surface area contributed by atoms with Gasteiger partial charge in [0, 0.05) is 6.54 Å². The second-order valence-electron chi connectivity index (χ2n) is 4.80. The average Bonchev–Trinajstić information content (AvgIpc) is 2.93. The van der Waals surface area contributed by atoms with Gasteiger partial charge in [-0.3, -0.25) is 0 Å². The van der Waals surface area contributed by atoms with E-state index >= 15 is 0 Å². The van der Waals surface area contributed by atoms with Crippen LogP contribution in [0.1, 0.15) is 37.2 Å². The fraction of sp³-hybridized carbons (Fsp3) is 0.438. The fourth-order valence-electron chi connectivity index (χ4n) is 2.38. The highest BCUT2D eigenvalue weighted by Gasteiger charge is 2.09. The summed E-state index contributed by atoms with van der Waals surface area (Å²) in [5.41, 5.74) is 2.68. The summed E-state index contributed by atoms with van der Waals surface area (Å²) in [6, 6.07) is 12.4. The van der Waals surface area contributed by atoms with Crippen LogP contribution < -0.4 is 5.32 Å². The van der Waals surface area contributed by atoms with Gasteiger partial charge in [0.25, 0.3) is 0 Å². The van der Waals surface area contributed by atoms with Gasteiger partial charge in [0.15, 0.2) is 0 Å². The predicted molar refractivity (Wildman–Crippen MR) is 74.2 cm³/mol. The van der Waals surface area contributed by atoms with Crippen LogP contribution >= 0.6 is 0 Å². The Labute approximate surface area is 109 Å². The minimum absolute atomic E-state index is 0.0382. The molecule has 1 aliphatic rings. The van der Waals surface area contributed by atoms with E-state index in [0.717, 1.165) is 25.1 Å². The Hall–Kier alpha value is -1.59. The zero-order chi connectivity index (χ0) is 12.6. The first-order valence-electron chi connectivity index (χ1n) is 6.73. The molecular formula is C16H20N2. The van der Waals surface area contributed by atoms with Crippen LogP contribution in [0.25, 0.3) is 0 Å². The summed E-state index contributed by atoms with van der Waals surface area (Å²) in [6.07, 6.45) is 7.33. The molecule has 0 amide bonds. The minimum Gasteiger partial charge on any atom is -0.315 e. The molecule has 2 rings (SSSR count). The van der Waals surface area contributed by atoms with Gasteiger partial charge in [0.05, 0.1) is 12.0 Å². The molecule has 0 saturated carbocycles. The molecule has 1 unspecified atom stereocenters. The van der Waals surface area contributed by atoms with Gasteiger partial charge in [-0.15, -0.1) is 0 Å². The van der Waals surface area contributed by atoms with Crippen molar-refractivity contribution in [1.82, 2.24) is 5.32 Å². The van der Waals surface area contributed by atoms with Crippen LogP contribution in [0.15, 0.2) is 42.0 Å². The maximum atomic E-state index is 9.19. The summed E-state index contributed by atoms with van der Waals surface area (Å²) < 4.78 is 0. The molecule has 0 heterocycles. The fourth-order valence-corrected chi connectivity index (χ4v) is 2.38. The molecule has 18 heavy (non-hydrogen) atoms. The minimum atomic E-state index is -0.0382. The zero-order valence-corrected chi connectivity index (χ0v) is 10.7. The monoisotopic (exact) mass is 240 g/mol. The second-order valence-corrected chi connectivity index (χ2v) is 4.80. The van der Waals surface area contributed by atoms with E-state index in [-0.39, 0.29) is 5.92 Å². The first-order valence-corrected chi connectivity index (χ1v) is 6.73. The van der Waals surface area contributed by atoms with Gasteiger partial charge in [-0.1, -0.05) is 42.0 Å². The van der Waals surface area contributed by atoms with E-state index in [1.807, 2.05) is 30.3 Å². The molecule has 0 saturated heterocycles. The molecule has 0 radical (unpaired) electrons. The van der Waals surface area contributed by atoms with Crippen LogP contribution in [0.2, 0.25) is 0 Å². The Morgan fingerprint density at radius 3 is 2.78 bits per heavy atom. The Morgan fingerprint density at radius 2 is 2.11 bits per heavy atom. The molecule has 1 atom stereocenters. The highest BCUT2D eigenvalue weighted by atomic mass is 14.9. The number of rotatable bonds is 6. The Kier molecular flexibility index (Phi) is 4.99. The summed E-state index contributed by atoms with van der Waals surface area (Å²) in [6.45, 7) is 1.73. The molecule has 0 aliphatic heterocycles. The van der Waals surface area contributed by atoms with Gasteiger partial charge in [-0.2, -0.15) is 5.26 Å². The highest BCUT2D eigenvalue weighted by molar-refractivity contribution is 5.25. The van der Waals surface area contributed by atoms with Crippen molar-refractivity contribution < 1.29 is 0 Å². The molecule has 94 valence electrons. The predicted octanol–water partition coefficient (Wildman–Crippen LogP) is 3.38. The van der Waals surface area contributed by atoms with Gasteiger partial charge in [-0.05, 0) is 37.8 Å². The van der Waals surface area contributed by atoms with Gasteiger partial charge in [0.1, 0.15) is 0 Å². The standard InChI is InChI=1S/C16H20N2/c17-12-16(15-8-2-1-3-9-15)13-18-11-10-14-6-4-5-7-14/h1-3,6,8-9,16,18H,4-5,7,10-11,13H2. The number of hydrogen-bond donors (Lipinski definition) is 1. The van der Waals surface area contributed by atoms with Crippen molar-refractivity contribution in [3.05, 3.63) is 47.5 Å². The van der Waals surface area contributed by atoms with Crippen molar-refractivity contribution in [3.8, 4) is 6.07 Å². The van der Waals surface area contributed by atoms with E-state index in [0.29, 0.717) is 0 Å². The third-order valence-electron chi connectivity index (χ3n) is 3.46. The van der Waals surface area contributed by atoms with E-state index in [9.17, 15) is 5.26 Å². The van der Waals surface area contributed by atoms with E-state index < -0.39 is 0 Å². The van der Waals surface area contributed by atoms with E-state index in [2.05, 4.69) is 17.5 Å². The third kappa shape index (κ3) is 3.72.